The topological polar surface area (TPSA) is 76.8 Å². The van der Waals surface area contributed by atoms with Crippen molar-refractivity contribution in [2.24, 2.45) is 0 Å². The normalized spacial score (nSPS) is 18.4. The molecule has 1 aromatic heterocycles. The van der Waals surface area contributed by atoms with Gasteiger partial charge in [-0.3, -0.25) is 9.58 Å². The van der Waals surface area contributed by atoms with Crippen LogP contribution in [0, 0.1) is 0 Å². The molecule has 0 saturated carbocycles. The maximum absolute atomic E-state index is 12.4. The van der Waals surface area contributed by atoms with Crippen LogP contribution in [0.25, 0.3) is 0 Å². The number of β-amino-alcohol motifs (C(OH)–C–C–N with tert-alkyl or cyclic N) is 1. The van der Waals surface area contributed by atoms with Crippen LogP contribution in [0.2, 0.25) is 18.1 Å². The number of carbonyl (C=O) groups excluding carboxylic acids is 1. The van der Waals surface area contributed by atoms with Crippen molar-refractivity contribution in [3.8, 4) is 0 Å². The highest BCUT2D eigenvalue weighted by Gasteiger charge is 2.37. The number of hydrogen-bond donors (Lipinski definition) is 1. The highest BCUT2D eigenvalue weighted by atomic mass is 28.4. The largest absolute Gasteiger partial charge is 0.444 e. The minimum Gasteiger partial charge on any atom is -0.444 e. The summed E-state index contributed by atoms with van der Waals surface area (Å²) in [6, 6.07) is 0. The lowest BCUT2D eigenvalue weighted by Crippen LogP contribution is -2.42. The van der Waals surface area contributed by atoms with Crippen LogP contribution in [-0.4, -0.2) is 53.0 Å². The van der Waals surface area contributed by atoms with Crippen LogP contribution in [0.4, 0.5) is 4.79 Å². The van der Waals surface area contributed by atoms with E-state index in [1.165, 1.54) is 4.90 Å². The van der Waals surface area contributed by atoms with Gasteiger partial charge in [0.05, 0.1) is 38.1 Å². The number of carbonyl (C=O) groups is 1. The Bertz CT molecular complexity index is 673. The first-order valence-electron chi connectivity index (χ1n) is 9.56. The molecule has 0 bridgehead atoms. The van der Waals surface area contributed by atoms with Gasteiger partial charge in [0.2, 0.25) is 0 Å². The number of aromatic nitrogens is 2. The van der Waals surface area contributed by atoms with E-state index in [1.807, 2.05) is 25.5 Å². The third kappa shape index (κ3) is 5.33. The molecule has 0 saturated heterocycles. The van der Waals surface area contributed by atoms with E-state index in [-0.39, 0.29) is 11.6 Å². The number of fused-ring (bicyclic) bond motifs is 1. The lowest BCUT2D eigenvalue weighted by molar-refractivity contribution is 0.00745. The van der Waals surface area contributed by atoms with Gasteiger partial charge in [0.1, 0.15) is 11.7 Å². The third-order valence-electron chi connectivity index (χ3n) is 5.30. The molecule has 2 rings (SSSR count). The first-order valence-corrected chi connectivity index (χ1v) is 12.5. The van der Waals surface area contributed by atoms with Crippen LogP contribution >= 0.6 is 0 Å². The van der Waals surface area contributed by atoms with Gasteiger partial charge in [-0.2, -0.15) is 5.10 Å². The Morgan fingerprint density at radius 3 is 2.48 bits per heavy atom. The number of aliphatic hydroxyl groups is 1. The second kappa shape index (κ2) is 7.56. The van der Waals surface area contributed by atoms with Crippen molar-refractivity contribution >= 4 is 14.4 Å². The lowest BCUT2D eigenvalue weighted by Gasteiger charge is -2.36. The summed E-state index contributed by atoms with van der Waals surface area (Å²) in [5.74, 6) is 0. The fraction of sp³-hybridized carbons (Fsp3) is 0.789. The third-order valence-corrected chi connectivity index (χ3v) is 9.84. The second-order valence-electron chi connectivity index (χ2n) is 9.76. The van der Waals surface area contributed by atoms with Gasteiger partial charge in [0, 0.05) is 5.56 Å². The molecule has 1 aliphatic heterocycles. The van der Waals surface area contributed by atoms with Crippen molar-refractivity contribution in [1.29, 1.82) is 0 Å². The van der Waals surface area contributed by atoms with E-state index in [0.29, 0.717) is 19.7 Å². The van der Waals surface area contributed by atoms with Crippen LogP contribution in [-0.2, 0) is 22.3 Å². The van der Waals surface area contributed by atoms with Gasteiger partial charge in [-0.05, 0) is 38.9 Å². The molecule has 1 aromatic rings. The van der Waals surface area contributed by atoms with Gasteiger partial charge in [0.25, 0.3) is 0 Å². The van der Waals surface area contributed by atoms with E-state index < -0.39 is 26.1 Å². The molecule has 1 amide bonds. The molecule has 1 unspecified atom stereocenters. The van der Waals surface area contributed by atoms with Gasteiger partial charge in [-0.15, -0.1) is 0 Å². The van der Waals surface area contributed by atoms with E-state index in [1.54, 1.807) is 6.20 Å². The molecule has 0 radical (unpaired) electrons. The van der Waals surface area contributed by atoms with E-state index >= 15 is 0 Å². The molecule has 1 N–H and O–H groups in total. The lowest BCUT2D eigenvalue weighted by atomic mass is 10.1. The van der Waals surface area contributed by atoms with Crippen LogP contribution in [0.5, 0.6) is 0 Å². The standard InChI is InChI=1S/C19H35N3O4Si/c1-18(2,3)26-17(24)21-12-15-14(16(23)13-21)11-20-22(15)9-10-25-27(7,8)19(4,5)6/h11,16,23H,9-10,12-13H2,1-8H3. The maximum Gasteiger partial charge on any atom is 0.410 e. The zero-order valence-corrected chi connectivity index (χ0v) is 19.0. The molecule has 2 heterocycles. The number of amides is 1. The Morgan fingerprint density at radius 1 is 1.30 bits per heavy atom. The summed E-state index contributed by atoms with van der Waals surface area (Å²) in [5, 5.41) is 15.0. The number of rotatable bonds is 4. The molecule has 154 valence electrons. The monoisotopic (exact) mass is 397 g/mol. The smallest absolute Gasteiger partial charge is 0.410 e. The van der Waals surface area contributed by atoms with Gasteiger partial charge >= 0.3 is 6.09 Å². The molecule has 27 heavy (non-hydrogen) atoms. The van der Waals surface area contributed by atoms with Crippen molar-refractivity contribution in [1.82, 2.24) is 14.7 Å². The molecule has 0 aromatic carbocycles. The minimum absolute atomic E-state index is 0.153. The maximum atomic E-state index is 12.4. The number of nitrogens with zero attached hydrogens (tertiary/aromatic N) is 3. The van der Waals surface area contributed by atoms with Crippen LogP contribution < -0.4 is 0 Å². The SMILES string of the molecule is CC(C)(C)OC(=O)N1Cc2c(cnn2CCO[Si](C)(C)C(C)(C)C)C(O)C1. The highest BCUT2D eigenvalue weighted by Crippen LogP contribution is 2.36. The van der Waals surface area contributed by atoms with Crippen molar-refractivity contribution in [2.45, 2.75) is 84.5 Å². The molecule has 7 nitrogen and oxygen atoms in total. The fourth-order valence-corrected chi connectivity index (χ4v) is 3.73. The molecular weight excluding hydrogens is 362 g/mol. The van der Waals surface area contributed by atoms with E-state index in [9.17, 15) is 9.90 Å². The Labute approximate surface area is 163 Å². The van der Waals surface area contributed by atoms with Crippen LogP contribution in [0.3, 0.4) is 0 Å². The summed E-state index contributed by atoms with van der Waals surface area (Å²) in [6.07, 6.45) is 0.521. The Morgan fingerprint density at radius 2 is 1.93 bits per heavy atom. The average molecular weight is 398 g/mol. The van der Waals surface area contributed by atoms with Gasteiger partial charge < -0.3 is 14.3 Å². The molecule has 0 spiro atoms. The van der Waals surface area contributed by atoms with E-state index in [0.717, 1.165) is 11.3 Å². The Kier molecular flexibility index (Phi) is 6.14. The first-order chi connectivity index (χ1) is 12.2. The van der Waals surface area contributed by atoms with Crippen molar-refractivity contribution < 1.29 is 19.1 Å². The zero-order chi connectivity index (χ0) is 20.6. The second-order valence-corrected chi connectivity index (χ2v) is 14.6. The molecular formula is C19H35N3O4Si. The van der Waals surface area contributed by atoms with Crippen LogP contribution in [0.1, 0.15) is 58.9 Å². The van der Waals surface area contributed by atoms with Crippen LogP contribution in [0.15, 0.2) is 6.20 Å². The van der Waals surface area contributed by atoms with Crippen molar-refractivity contribution in [3.05, 3.63) is 17.5 Å². The molecule has 8 heteroatoms. The first kappa shape index (κ1) is 21.9. The van der Waals surface area contributed by atoms with Crippen molar-refractivity contribution in [2.75, 3.05) is 13.2 Å². The Balaban J connectivity index is 2.06. The average Bonchev–Trinajstić information content (AvgIpc) is 2.88. The quantitative estimate of drug-likeness (QED) is 0.784. The van der Waals surface area contributed by atoms with Gasteiger partial charge in [-0.1, -0.05) is 20.8 Å². The number of ether oxygens (including phenoxy) is 1. The summed E-state index contributed by atoms with van der Waals surface area (Å²) < 4.78 is 13.5. The van der Waals surface area contributed by atoms with Gasteiger partial charge in [-0.25, -0.2) is 4.79 Å². The predicted molar refractivity (Wildman–Crippen MR) is 107 cm³/mol. The summed E-state index contributed by atoms with van der Waals surface area (Å²) in [7, 11) is -1.82. The molecule has 0 aliphatic carbocycles. The van der Waals surface area contributed by atoms with E-state index in [2.05, 4.69) is 39.0 Å². The summed E-state index contributed by atoms with van der Waals surface area (Å²) >= 11 is 0. The van der Waals surface area contributed by atoms with E-state index in [4.69, 9.17) is 9.16 Å². The van der Waals surface area contributed by atoms with Crippen molar-refractivity contribution in [3.63, 3.8) is 0 Å². The summed E-state index contributed by atoms with van der Waals surface area (Å²) in [6.45, 7) is 18.3. The Hall–Kier alpha value is -1.38. The van der Waals surface area contributed by atoms with Gasteiger partial charge in [0.15, 0.2) is 8.32 Å². The number of aliphatic hydroxyl groups excluding tert-OH is 1. The molecule has 1 aliphatic rings. The summed E-state index contributed by atoms with van der Waals surface area (Å²) in [5.41, 5.74) is 1.06. The zero-order valence-electron chi connectivity index (χ0n) is 18.0. The minimum atomic E-state index is -1.82. The predicted octanol–water partition coefficient (Wildman–Crippen LogP) is 3.69. The highest BCUT2D eigenvalue weighted by molar-refractivity contribution is 6.74. The molecule has 1 atom stereocenters. The number of hydrogen-bond acceptors (Lipinski definition) is 5. The fourth-order valence-electron chi connectivity index (χ4n) is 2.69. The molecule has 0 fully saturated rings. The summed E-state index contributed by atoms with van der Waals surface area (Å²) in [4.78, 5) is 13.9.